The van der Waals surface area contributed by atoms with E-state index in [1.54, 1.807) is 12.1 Å². The molecule has 0 aliphatic rings. The molecule has 0 unspecified atom stereocenters. The van der Waals surface area contributed by atoms with Crippen molar-refractivity contribution in [3.8, 4) is 0 Å². The standard InChI is InChI=1S/C10H11ClO4/c1-10(15,9(13)14)8(12)6-4-2-3-5-7(6)11/h2-5,8,12,15H,1H3,(H,13,14)/t8-,10+/m0/s1. The van der Waals surface area contributed by atoms with E-state index in [2.05, 4.69) is 0 Å². The molecule has 5 heteroatoms. The van der Waals surface area contributed by atoms with Crippen molar-refractivity contribution < 1.29 is 20.1 Å². The van der Waals surface area contributed by atoms with E-state index in [0.29, 0.717) is 0 Å². The van der Waals surface area contributed by atoms with Gasteiger partial charge in [-0.15, -0.1) is 0 Å². The van der Waals surface area contributed by atoms with Gasteiger partial charge in [-0.05, 0) is 13.0 Å². The zero-order valence-corrected chi connectivity index (χ0v) is 8.77. The minimum Gasteiger partial charge on any atom is -0.479 e. The van der Waals surface area contributed by atoms with Crippen molar-refractivity contribution >= 4 is 17.6 Å². The molecular weight excluding hydrogens is 220 g/mol. The molecule has 0 aliphatic carbocycles. The summed E-state index contributed by atoms with van der Waals surface area (Å²) in [6.45, 7) is 1.02. The molecule has 1 aromatic carbocycles. The van der Waals surface area contributed by atoms with Gasteiger partial charge in [-0.3, -0.25) is 0 Å². The zero-order valence-electron chi connectivity index (χ0n) is 8.01. The van der Waals surface area contributed by atoms with E-state index in [1.165, 1.54) is 12.1 Å². The fourth-order valence-electron chi connectivity index (χ4n) is 1.12. The molecular formula is C10H11ClO4. The number of rotatable bonds is 3. The summed E-state index contributed by atoms with van der Waals surface area (Å²) in [6, 6.07) is 6.22. The van der Waals surface area contributed by atoms with Crippen LogP contribution in [0.1, 0.15) is 18.6 Å². The van der Waals surface area contributed by atoms with Gasteiger partial charge in [0.25, 0.3) is 0 Å². The average molecular weight is 231 g/mol. The molecule has 82 valence electrons. The van der Waals surface area contributed by atoms with Crippen LogP contribution in [-0.4, -0.2) is 26.9 Å². The Bertz CT molecular complexity index is 375. The van der Waals surface area contributed by atoms with Gasteiger partial charge in [-0.2, -0.15) is 0 Å². The van der Waals surface area contributed by atoms with Crippen LogP contribution in [0.4, 0.5) is 0 Å². The highest BCUT2D eigenvalue weighted by Gasteiger charge is 2.40. The summed E-state index contributed by atoms with van der Waals surface area (Å²) in [6.07, 6.45) is -1.57. The molecule has 0 amide bonds. The van der Waals surface area contributed by atoms with E-state index in [-0.39, 0.29) is 10.6 Å². The Labute approximate surface area is 91.7 Å². The van der Waals surface area contributed by atoms with Crippen LogP contribution in [0.15, 0.2) is 24.3 Å². The maximum absolute atomic E-state index is 10.7. The molecule has 0 radical (unpaired) electrons. The third-order valence-corrected chi connectivity index (χ3v) is 2.51. The quantitative estimate of drug-likeness (QED) is 0.729. The number of carboxylic acid groups (broad SMARTS) is 1. The molecule has 0 heterocycles. The highest BCUT2D eigenvalue weighted by Crippen LogP contribution is 2.30. The maximum atomic E-state index is 10.7. The normalized spacial score (nSPS) is 16.8. The van der Waals surface area contributed by atoms with Crippen LogP contribution in [0.5, 0.6) is 0 Å². The van der Waals surface area contributed by atoms with E-state index in [4.69, 9.17) is 16.7 Å². The summed E-state index contributed by atoms with van der Waals surface area (Å²) < 4.78 is 0. The topological polar surface area (TPSA) is 77.8 Å². The van der Waals surface area contributed by atoms with Gasteiger partial charge in [-0.1, -0.05) is 29.8 Å². The van der Waals surface area contributed by atoms with Gasteiger partial charge in [-0.25, -0.2) is 4.79 Å². The number of aliphatic hydroxyl groups excluding tert-OH is 1. The van der Waals surface area contributed by atoms with Crippen LogP contribution in [0, 0.1) is 0 Å². The van der Waals surface area contributed by atoms with Crippen molar-refractivity contribution in [2.75, 3.05) is 0 Å². The molecule has 0 saturated carbocycles. The Morgan fingerprint density at radius 1 is 1.47 bits per heavy atom. The van der Waals surface area contributed by atoms with E-state index >= 15 is 0 Å². The van der Waals surface area contributed by atoms with Gasteiger partial charge in [0, 0.05) is 10.6 Å². The first-order valence-corrected chi connectivity index (χ1v) is 4.63. The molecule has 1 rings (SSSR count). The summed E-state index contributed by atoms with van der Waals surface area (Å²) in [5.41, 5.74) is -2.07. The molecule has 4 nitrogen and oxygen atoms in total. The minimum atomic E-state index is -2.26. The zero-order chi connectivity index (χ0) is 11.6. The predicted octanol–water partition coefficient (Wildman–Crippen LogP) is 1.21. The summed E-state index contributed by atoms with van der Waals surface area (Å²) in [5, 5.41) is 28.1. The van der Waals surface area contributed by atoms with Crippen LogP contribution < -0.4 is 0 Å². The first-order chi connectivity index (χ1) is 6.87. The van der Waals surface area contributed by atoms with Gasteiger partial charge < -0.3 is 15.3 Å². The molecule has 2 atom stereocenters. The number of carboxylic acids is 1. The van der Waals surface area contributed by atoms with E-state index in [9.17, 15) is 15.0 Å². The molecule has 15 heavy (non-hydrogen) atoms. The number of carbonyl (C=O) groups is 1. The maximum Gasteiger partial charge on any atom is 0.338 e. The lowest BCUT2D eigenvalue weighted by Crippen LogP contribution is -2.41. The Hall–Kier alpha value is -1.10. The number of aliphatic carboxylic acids is 1. The lowest BCUT2D eigenvalue weighted by atomic mass is 9.93. The van der Waals surface area contributed by atoms with Crippen molar-refractivity contribution in [3.63, 3.8) is 0 Å². The average Bonchev–Trinajstić information content (AvgIpc) is 2.17. The molecule has 0 bridgehead atoms. The molecule has 0 saturated heterocycles. The van der Waals surface area contributed by atoms with Gasteiger partial charge in [0.15, 0.2) is 5.60 Å². The molecule has 0 fully saturated rings. The Balaban J connectivity index is 3.10. The van der Waals surface area contributed by atoms with Crippen molar-refractivity contribution in [1.29, 1.82) is 0 Å². The van der Waals surface area contributed by atoms with Crippen molar-refractivity contribution in [1.82, 2.24) is 0 Å². The van der Waals surface area contributed by atoms with Gasteiger partial charge in [0.05, 0.1) is 0 Å². The van der Waals surface area contributed by atoms with Crippen LogP contribution in [-0.2, 0) is 4.79 Å². The number of aliphatic hydroxyl groups is 2. The summed E-state index contributed by atoms with van der Waals surface area (Å²) in [5.74, 6) is -1.50. The lowest BCUT2D eigenvalue weighted by molar-refractivity contribution is -0.169. The highest BCUT2D eigenvalue weighted by atomic mass is 35.5. The third kappa shape index (κ3) is 2.28. The van der Waals surface area contributed by atoms with Crippen LogP contribution >= 0.6 is 11.6 Å². The SMILES string of the molecule is C[C@](O)(C(=O)O)[C@@H](O)c1ccccc1Cl. The summed E-state index contributed by atoms with van der Waals surface area (Å²) in [4.78, 5) is 10.7. The van der Waals surface area contributed by atoms with Crippen molar-refractivity contribution in [2.45, 2.75) is 18.6 Å². The number of hydrogen-bond donors (Lipinski definition) is 3. The third-order valence-electron chi connectivity index (χ3n) is 2.17. The monoisotopic (exact) mass is 230 g/mol. The summed E-state index contributed by atoms with van der Waals surface area (Å²) >= 11 is 5.77. The van der Waals surface area contributed by atoms with Crippen LogP contribution in [0.2, 0.25) is 5.02 Å². The largest absolute Gasteiger partial charge is 0.479 e. The first-order valence-electron chi connectivity index (χ1n) is 4.25. The molecule has 0 aliphatic heterocycles. The van der Waals surface area contributed by atoms with Gasteiger partial charge >= 0.3 is 5.97 Å². The van der Waals surface area contributed by atoms with Crippen molar-refractivity contribution in [2.24, 2.45) is 0 Å². The second kappa shape index (κ2) is 4.18. The van der Waals surface area contributed by atoms with Gasteiger partial charge in [0.2, 0.25) is 0 Å². The number of hydrogen-bond acceptors (Lipinski definition) is 3. The van der Waals surface area contributed by atoms with E-state index in [1.807, 2.05) is 0 Å². The molecule has 1 aromatic rings. The van der Waals surface area contributed by atoms with Crippen LogP contribution in [0.3, 0.4) is 0 Å². The van der Waals surface area contributed by atoms with E-state index < -0.39 is 17.7 Å². The number of halogens is 1. The fraction of sp³-hybridized carbons (Fsp3) is 0.300. The highest BCUT2D eigenvalue weighted by molar-refractivity contribution is 6.31. The molecule has 0 aromatic heterocycles. The summed E-state index contributed by atoms with van der Waals surface area (Å²) in [7, 11) is 0. The van der Waals surface area contributed by atoms with Gasteiger partial charge in [0.1, 0.15) is 6.10 Å². The fourth-order valence-corrected chi connectivity index (χ4v) is 1.36. The first kappa shape index (κ1) is 12.0. The smallest absolute Gasteiger partial charge is 0.338 e. The number of benzene rings is 1. The second-order valence-corrected chi connectivity index (χ2v) is 3.78. The van der Waals surface area contributed by atoms with Crippen LogP contribution in [0.25, 0.3) is 0 Å². The lowest BCUT2D eigenvalue weighted by Gasteiger charge is -2.25. The van der Waals surface area contributed by atoms with Crippen molar-refractivity contribution in [3.05, 3.63) is 34.9 Å². The Morgan fingerprint density at radius 3 is 2.47 bits per heavy atom. The molecule has 3 N–H and O–H groups in total. The Morgan fingerprint density at radius 2 is 2.00 bits per heavy atom. The predicted molar refractivity (Wildman–Crippen MR) is 54.7 cm³/mol. The Kier molecular flexibility index (Phi) is 3.34. The van der Waals surface area contributed by atoms with E-state index in [0.717, 1.165) is 6.92 Å². The second-order valence-electron chi connectivity index (χ2n) is 3.38. The minimum absolute atomic E-state index is 0.187. The molecule has 0 spiro atoms.